The van der Waals surface area contributed by atoms with Crippen LogP contribution in [0.4, 0.5) is 0 Å². The number of rotatable bonds is 10. The molecule has 7 nitrogen and oxygen atoms in total. The van der Waals surface area contributed by atoms with Crippen LogP contribution in [0.15, 0.2) is 101 Å². The van der Waals surface area contributed by atoms with Gasteiger partial charge in [0.1, 0.15) is 12.4 Å². The Hall–Kier alpha value is -3.82. The molecular weight excluding hydrogens is 649 g/mol. The van der Waals surface area contributed by atoms with Gasteiger partial charge in [-0.3, -0.25) is 9.36 Å². The Bertz CT molecular complexity index is 1800. The number of ether oxygens (including phenoxy) is 1. The number of nitrogens with one attached hydrogen (secondary N) is 1. The third-order valence-electron chi connectivity index (χ3n) is 6.75. The van der Waals surface area contributed by atoms with Crippen LogP contribution in [0.5, 0.6) is 5.75 Å². The summed E-state index contributed by atoms with van der Waals surface area (Å²) in [5.74, 6) is 1.15. The number of benzene rings is 4. The van der Waals surface area contributed by atoms with Crippen LogP contribution in [0.25, 0.3) is 17.1 Å². The van der Waals surface area contributed by atoms with Gasteiger partial charge in [-0.2, -0.15) is 5.10 Å². The molecule has 4 aromatic carbocycles. The molecule has 5 aromatic rings. The molecule has 0 radical (unpaired) electrons. The van der Waals surface area contributed by atoms with Crippen molar-refractivity contribution in [3.63, 3.8) is 0 Å². The summed E-state index contributed by atoms with van der Waals surface area (Å²) in [6, 6.07) is 28.3. The Morgan fingerprint density at radius 3 is 2.27 bits per heavy atom. The second kappa shape index (κ2) is 14.5. The Balaban J connectivity index is 1.20. The standard InChI is InChI=1S/C34H30Cl3N5O2S/c1-34(2,3)25-9-6-23(7-10-25)32-40-41-33(42(32)28-14-12-26(35)13-15-28)45-21-31(43)39-38-19-22-4-16-29(17-5-22)44-20-24-8-11-27(36)18-30(24)37/h4-19H,20-21H2,1-3H3,(H,39,43)/b38-19+. The first kappa shape index (κ1) is 32.6. The maximum atomic E-state index is 12.7. The SMILES string of the molecule is CC(C)(C)c1ccc(-c2nnc(SCC(=O)N/N=C/c3ccc(OCc4ccc(Cl)cc4Cl)cc3)n2-c2ccc(Cl)cc2)cc1. The molecule has 1 amide bonds. The zero-order chi connectivity index (χ0) is 32.0. The molecule has 5 rings (SSSR count). The number of halogens is 3. The summed E-state index contributed by atoms with van der Waals surface area (Å²) in [4.78, 5) is 12.7. The van der Waals surface area contributed by atoms with Gasteiger partial charge in [0.2, 0.25) is 0 Å². The van der Waals surface area contributed by atoms with E-state index in [1.165, 1.54) is 17.3 Å². The molecule has 230 valence electrons. The number of hydrogen-bond acceptors (Lipinski definition) is 6. The van der Waals surface area contributed by atoms with Crippen molar-refractivity contribution in [2.75, 3.05) is 5.75 Å². The van der Waals surface area contributed by atoms with Crippen LogP contribution in [0.1, 0.15) is 37.5 Å². The molecular formula is C34H30Cl3N5O2S. The highest BCUT2D eigenvalue weighted by molar-refractivity contribution is 7.99. The molecule has 0 fully saturated rings. The van der Waals surface area contributed by atoms with Gasteiger partial charge in [-0.25, -0.2) is 5.43 Å². The number of aromatic nitrogens is 3. The second-order valence-corrected chi connectivity index (χ2v) is 13.3. The lowest BCUT2D eigenvalue weighted by Gasteiger charge is -2.19. The summed E-state index contributed by atoms with van der Waals surface area (Å²) in [5.41, 5.74) is 7.22. The molecule has 0 aliphatic carbocycles. The number of carbonyl (C=O) groups excluding carboxylic acids is 1. The smallest absolute Gasteiger partial charge is 0.250 e. The van der Waals surface area contributed by atoms with Crippen LogP contribution < -0.4 is 10.2 Å². The van der Waals surface area contributed by atoms with Gasteiger partial charge in [-0.1, -0.05) is 97.7 Å². The summed E-state index contributed by atoms with van der Waals surface area (Å²) in [6.07, 6.45) is 1.57. The van der Waals surface area contributed by atoms with Crippen LogP contribution in [-0.4, -0.2) is 32.6 Å². The summed E-state index contributed by atoms with van der Waals surface area (Å²) in [5, 5.41) is 15.3. The Labute approximate surface area is 281 Å². The van der Waals surface area contributed by atoms with E-state index in [0.717, 1.165) is 22.4 Å². The van der Waals surface area contributed by atoms with Crippen LogP contribution in [0, 0.1) is 0 Å². The summed E-state index contributed by atoms with van der Waals surface area (Å²) in [6.45, 7) is 6.84. The molecule has 0 saturated carbocycles. The molecule has 1 aromatic heterocycles. The van der Waals surface area contributed by atoms with Crippen molar-refractivity contribution < 1.29 is 9.53 Å². The summed E-state index contributed by atoms with van der Waals surface area (Å²) >= 11 is 19.6. The van der Waals surface area contributed by atoms with Crippen molar-refractivity contribution in [1.82, 2.24) is 20.2 Å². The summed E-state index contributed by atoms with van der Waals surface area (Å²) < 4.78 is 7.74. The molecule has 0 spiro atoms. The molecule has 0 bridgehead atoms. The Morgan fingerprint density at radius 2 is 1.60 bits per heavy atom. The van der Waals surface area contributed by atoms with Crippen molar-refractivity contribution >= 4 is 58.7 Å². The van der Waals surface area contributed by atoms with Gasteiger partial charge in [0.25, 0.3) is 5.91 Å². The van der Waals surface area contributed by atoms with Gasteiger partial charge >= 0.3 is 0 Å². The lowest BCUT2D eigenvalue weighted by Crippen LogP contribution is -2.20. The molecule has 45 heavy (non-hydrogen) atoms. The predicted molar refractivity (Wildman–Crippen MR) is 184 cm³/mol. The highest BCUT2D eigenvalue weighted by Gasteiger charge is 2.19. The average molecular weight is 679 g/mol. The zero-order valence-corrected chi connectivity index (χ0v) is 27.9. The van der Waals surface area contributed by atoms with E-state index in [9.17, 15) is 4.79 Å². The highest BCUT2D eigenvalue weighted by Crippen LogP contribution is 2.31. The van der Waals surface area contributed by atoms with E-state index in [4.69, 9.17) is 39.5 Å². The van der Waals surface area contributed by atoms with Crippen LogP contribution in [0.2, 0.25) is 15.1 Å². The van der Waals surface area contributed by atoms with Crippen molar-refractivity contribution in [3.8, 4) is 22.8 Å². The quantitative estimate of drug-likeness (QED) is 0.0906. The first-order chi connectivity index (χ1) is 21.6. The third-order valence-corrected chi connectivity index (χ3v) is 8.52. The van der Waals surface area contributed by atoms with Crippen molar-refractivity contribution in [3.05, 3.63) is 123 Å². The summed E-state index contributed by atoms with van der Waals surface area (Å²) in [7, 11) is 0. The molecule has 1 heterocycles. The molecule has 11 heteroatoms. The van der Waals surface area contributed by atoms with Gasteiger partial charge in [-0.05, 0) is 77.2 Å². The Morgan fingerprint density at radius 1 is 0.911 bits per heavy atom. The number of carbonyl (C=O) groups is 1. The van der Waals surface area contributed by atoms with Gasteiger partial charge in [0.15, 0.2) is 11.0 Å². The minimum Gasteiger partial charge on any atom is -0.489 e. The number of amides is 1. The van der Waals surface area contributed by atoms with Gasteiger partial charge in [0.05, 0.1) is 12.0 Å². The van der Waals surface area contributed by atoms with E-state index in [-0.39, 0.29) is 17.1 Å². The lowest BCUT2D eigenvalue weighted by atomic mass is 9.87. The lowest BCUT2D eigenvalue weighted by molar-refractivity contribution is -0.118. The molecule has 0 aliphatic rings. The average Bonchev–Trinajstić information content (AvgIpc) is 3.44. The number of thioether (sulfide) groups is 1. The third kappa shape index (κ3) is 8.67. The van der Waals surface area contributed by atoms with Crippen molar-refractivity contribution in [2.45, 2.75) is 37.9 Å². The molecule has 1 N–H and O–H groups in total. The van der Waals surface area contributed by atoms with Gasteiger partial charge in [0, 0.05) is 31.9 Å². The fourth-order valence-electron chi connectivity index (χ4n) is 4.28. The first-order valence-electron chi connectivity index (χ1n) is 14.0. The van der Waals surface area contributed by atoms with Crippen molar-refractivity contribution in [2.24, 2.45) is 5.10 Å². The number of hydrazone groups is 1. The van der Waals surface area contributed by atoms with E-state index < -0.39 is 0 Å². The highest BCUT2D eigenvalue weighted by atomic mass is 35.5. The number of hydrogen-bond donors (Lipinski definition) is 1. The van der Waals surface area contributed by atoms with E-state index >= 15 is 0 Å². The van der Waals surface area contributed by atoms with Gasteiger partial charge < -0.3 is 4.74 Å². The van der Waals surface area contributed by atoms with E-state index in [1.807, 2.05) is 71.3 Å². The van der Waals surface area contributed by atoms with E-state index in [2.05, 4.69) is 53.6 Å². The van der Waals surface area contributed by atoms with Crippen LogP contribution in [0.3, 0.4) is 0 Å². The predicted octanol–water partition coefficient (Wildman–Crippen LogP) is 9.01. The van der Waals surface area contributed by atoms with Crippen LogP contribution in [-0.2, 0) is 16.8 Å². The van der Waals surface area contributed by atoms with E-state index in [0.29, 0.717) is 38.4 Å². The molecule has 0 aliphatic heterocycles. The monoisotopic (exact) mass is 677 g/mol. The molecule has 0 saturated heterocycles. The normalized spacial score (nSPS) is 11.6. The van der Waals surface area contributed by atoms with Crippen LogP contribution >= 0.6 is 46.6 Å². The van der Waals surface area contributed by atoms with E-state index in [1.54, 1.807) is 18.3 Å². The fraction of sp³-hybridized carbons (Fsp3) is 0.176. The maximum absolute atomic E-state index is 12.7. The topological polar surface area (TPSA) is 81.4 Å². The van der Waals surface area contributed by atoms with Crippen molar-refractivity contribution in [1.29, 1.82) is 0 Å². The minimum atomic E-state index is -0.280. The zero-order valence-electron chi connectivity index (χ0n) is 24.8. The fourth-order valence-corrected chi connectivity index (χ4v) is 5.62. The molecule has 0 unspecified atom stereocenters. The first-order valence-corrected chi connectivity index (χ1v) is 16.1. The largest absolute Gasteiger partial charge is 0.489 e. The second-order valence-electron chi connectivity index (χ2n) is 11.1. The van der Waals surface area contributed by atoms with Gasteiger partial charge in [-0.15, -0.1) is 10.2 Å². The maximum Gasteiger partial charge on any atom is 0.250 e. The Kier molecular flexibility index (Phi) is 10.5. The number of nitrogens with zero attached hydrogens (tertiary/aromatic N) is 4. The minimum absolute atomic E-state index is 0.0326. The molecule has 0 atom stereocenters.